The molecule has 0 aromatic heterocycles. The smallest absolute Gasteiger partial charge is 0.156 e. The third kappa shape index (κ3) is 2.13. The van der Waals surface area contributed by atoms with Crippen LogP contribution in [0.15, 0.2) is 22.8 Å². The van der Waals surface area contributed by atoms with Crippen LogP contribution in [0.3, 0.4) is 0 Å². The topological polar surface area (TPSA) is 37.3 Å². The number of hydrogen-bond donors (Lipinski definition) is 1. The Balaban J connectivity index is 1.70. The number of rotatable bonds is 2. The molecule has 2 saturated carbocycles. The van der Waals surface area contributed by atoms with Gasteiger partial charge in [0.1, 0.15) is 0 Å². The summed E-state index contributed by atoms with van der Waals surface area (Å²) < 4.78 is 0. The van der Waals surface area contributed by atoms with E-state index in [-0.39, 0.29) is 5.41 Å². The molecule has 1 N–H and O–H groups in total. The first-order valence-corrected chi connectivity index (χ1v) is 9.66. The van der Waals surface area contributed by atoms with Gasteiger partial charge in [0.2, 0.25) is 0 Å². The first-order chi connectivity index (χ1) is 11.0. The Morgan fingerprint density at radius 3 is 2.78 bits per heavy atom. The summed E-state index contributed by atoms with van der Waals surface area (Å²) in [6.45, 7) is 4.57. The molecule has 4 aliphatic carbocycles. The van der Waals surface area contributed by atoms with Crippen molar-refractivity contribution in [2.75, 3.05) is 0 Å². The lowest BCUT2D eigenvalue weighted by atomic mass is 9.54. The Morgan fingerprint density at radius 2 is 2.00 bits per heavy atom. The number of ketones is 1. The van der Waals surface area contributed by atoms with E-state index in [1.165, 1.54) is 24.0 Å². The van der Waals surface area contributed by atoms with Crippen molar-refractivity contribution in [2.45, 2.75) is 83.7 Å². The van der Waals surface area contributed by atoms with E-state index in [1.807, 2.05) is 6.08 Å². The van der Waals surface area contributed by atoms with Gasteiger partial charge >= 0.3 is 0 Å². The number of carbonyl (C=O) groups is 1. The molecule has 0 aromatic carbocycles. The van der Waals surface area contributed by atoms with Crippen LogP contribution in [0.5, 0.6) is 0 Å². The second-order valence-corrected chi connectivity index (χ2v) is 8.63. The van der Waals surface area contributed by atoms with Crippen molar-refractivity contribution in [1.29, 1.82) is 0 Å². The van der Waals surface area contributed by atoms with Gasteiger partial charge in [0.15, 0.2) is 5.78 Å². The molecule has 23 heavy (non-hydrogen) atoms. The van der Waals surface area contributed by atoms with Crippen molar-refractivity contribution < 1.29 is 9.90 Å². The number of hydrogen-bond acceptors (Lipinski definition) is 2. The molecule has 4 rings (SSSR count). The molecular formula is C21H30O2. The summed E-state index contributed by atoms with van der Waals surface area (Å²) >= 11 is 0. The van der Waals surface area contributed by atoms with Gasteiger partial charge in [-0.2, -0.15) is 0 Å². The van der Waals surface area contributed by atoms with Crippen LogP contribution in [-0.4, -0.2) is 16.5 Å². The van der Waals surface area contributed by atoms with Gasteiger partial charge in [-0.1, -0.05) is 25.8 Å². The van der Waals surface area contributed by atoms with E-state index in [1.54, 1.807) is 5.57 Å². The van der Waals surface area contributed by atoms with Crippen molar-refractivity contribution in [2.24, 2.45) is 17.3 Å². The molecular weight excluding hydrogens is 284 g/mol. The van der Waals surface area contributed by atoms with Crippen LogP contribution in [0, 0.1) is 17.3 Å². The maximum Gasteiger partial charge on any atom is 0.156 e. The highest BCUT2D eigenvalue weighted by Gasteiger charge is 2.60. The highest BCUT2D eigenvalue weighted by molar-refractivity contribution is 5.93. The van der Waals surface area contributed by atoms with E-state index in [2.05, 4.69) is 13.8 Å². The zero-order valence-corrected chi connectivity index (χ0v) is 14.7. The Labute approximate surface area is 140 Å². The molecule has 0 aromatic rings. The molecule has 0 saturated heterocycles. The van der Waals surface area contributed by atoms with E-state index >= 15 is 0 Å². The predicted molar refractivity (Wildman–Crippen MR) is 92.0 cm³/mol. The van der Waals surface area contributed by atoms with Crippen LogP contribution >= 0.6 is 0 Å². The average Bonchev–Trinajstić information content (AvgIpc) is 2.79. The van der Waals surface area contributed by atoms with Crippen molar-refractivity contribution in [3.05, 3.63) is 22.8 Å². The Morgan fingerprint density at radius 1 is 1.17 bits per heavy atom. The highest BCUT2D eigenvalue weighted by atomic mass is 16.3. The maximum absolute atomic E-state index is 11.7. The first-order valence-electron chi connectivity index (χ1n) is 9.66. The highest BCUT2D eigenvalue weighted by Crippen LogP contribution is 2.64. The second kappa shape index (κ2) is 5.31. The van der Waals surface area contributed by atoms with Crippen molar-refractivity contribution in [1.82, 2.24) is 0 Å². The van der Waals surface area contributed by atoms with Crippen LogP contribution in [0.2, 0.25) is 0 Å². The summed E-state index contributed by atoms with van der Waals surface area (Å²) in [5.74, 6) is 1.64. The third-order valence-corrected chi connectivity index (χ3v) is 7.72. The molecule has 0 spiro atoms. The van der Waals surface area contributed by atoms with E-state index in [0.717, 1.165) is 44.9 Å². The monoisotopic (exact) mass is 314 g/mol. The van der Waals surface area contributed by atoms with E-state index in [0.29, 0.717) is 24.0 Å². The number of fused-ring (bicyclic) bond motifs is 4. The number of allylic oxidation sites excluding steroid dienone is 4. The lowest BCUT2D eigenvalue weighted by Gasteiger charge is -2.52. The fourth-order valence-electron chi connectivity index (χ4n) is 6.47. The summed E-state index contributed by atoms with van der Waals surface area (Å²) in [6, 6.07) is 0. The van der Waals surface area contributed by atoms with Gasteiger partial charge in [0, 0.05) is 6.42 Å². The van der Waals surface area contributed by atoms with Crippen LogP contribution in [0.4, 0.5) is 0 Å². The molecule has 0 amide bonds. The predicted octanol–water partition coefficient (Wildman–Crippen LogP) is 4.72. The van der Waals surface area contributed by atoms with Crippen LogP contribution in [-0.2, 0) is 4.79 Å². The molecule has 0 heterocycles. The summed E-state index contributed by atoms with van der Waals surface area (Å²) in [5, 5.41) is 11.3. The fourth-order valence-corrected chi connectivity index (χ4v) is 6.47. The maximum atomic E-state index is 11.7. The average molecular weight is 314 g/mol. The zero-order valence-electron chi connectivity index (χ0n) is 14.7. The van der Waals surface area contributed by atoms with Crippen molar-refractivity contribution in [3.8, 4) is 0 Å². The Kier molecular flexibility index (Phi) is 3.61. The third-order valence-electron chi connectivity index (χ3n) is 7.72. The molecule has 2 fully saturated rings. The van der Waals surface area contributed by atoms with Gasteiger partial charge in [0.05, 0.1) is 5.60 Å². The first kappa shape index (κ1) is 15.6. The molecule has 0 radical (unpaired) electrons. The number of carbonyl (C=O) groups excluding carboxylic acids is 1. The van der Waals surface area contributed by atoms with Gasteiger partial charge in [-0.15, -0.1) is 0 Å². The van der Waals surface area contributed by atoms with Crippen LogP contribution in [0.1, 0.15) is 78.1 Å². The lowest BCUT2D eigenvalue weighted by molar-refractivity contribution is -0.114. The summed E-state index contributed by atoms with van der Waals surface area (Å²) in [5.41, 5.74) is 4.20. The lowest BCUT2D eigenvalue weighted by Crippen LogP contribution is -2.49. The van der Waals surface area contributed by atoms with E-state index in [4.69, 9.17) is 0 Å². The Bertz CT molecular complexity index is 599. The molecule has 2 nitrogen and oxygen atoms in total. The molecule has 0 bridgehead atoms. The largest absolute Gasteiger partial charge is 0.389 e. The summed E-state index contributed by atoms with van der Waals surface area (Å²) in [7, 11) is 0. The fraction of sp³-hybridized carbons (Fsp3) is 0.762. The molecule has 4 atom stereocenters. The van der Waals surface area contributed by atoms with E-state index in [9.17, 15) is 9.90 Å². The molecule has 2 heteroatoms. The van der Waals surface area contributed by atoms with Gasteiger partial charge in [-0.05, 0) is 85.8 Å². The normalized spacial score (nSPS) is 42.9. The second-order valence-electron chi connectivity index (χ2n) is 8.63. The van der Waals surface area contributed by atoms with Gasteiger partial charge in [-0.25, -0.2) is 0 Å². The van der Waals surface area contributed by atoms with Crippen LogP contribution in [0.25, 0.3) is 0 Å². The van der Waals surface area contributed by atoms with Gasteiger partial charge < -0.3 is 5.11 Å². The van der Waals surface area contributed by atoms with Gasteiger partial charge in [-0.3, -0.25) is 4.79 Å². The molecule has 126 valence electrons. The van der Waals surface area contributed by atoms with Gasteiger partial charge in [0.25, 0.3) is 0 Å². The SMILES string of the molecule is CCC[C@@]1(O)CCC2C3CCC4=CC(=O)CCC4=C3CCC21C. The molecule has 3 unspecified atom stereocenters. The minimum atomic E-state index is -0.443. The molecule has 4 aliphatic rings. The van der Waals surface area contributed by atoms with Crippen molar-refractivity contribution in [3.63, 3.8) is 0 Å². The minimum absolute atomic E-state index is 0.101. The summed E-state index contributed by atoms with van der Waals surface area (Å²) in [6.07, 6.45) is 12.4. The van der Waals surface area contributed by atoms with Crippen molar-refractivity contribution >= 4 is 5.78 Å². The number of aliphatic hydroxyl groups is 1. The van der Waals surface area contributed by atoms with E-state index < -0.39 is 5.60 Å². The quantitative estimate of drug-likeness (QED) is 0.800. The standard InChI is InChI=1S/C21H30O2/c1-3-10-21(23)12-9-19-18-6-4-14-13-15(22)5-7-16(14)17(18)8-11-20(19,21)2/h13,18-19,23H,3-12H2,1-2H3/t18?,19?,20?,21-/m1/s1. The van der Waals surface area contributed by atoms with Crippen LogP contribution < -0.4 is 0 Å². The molecule has 0 aliphatic heterocycles. The summed E-state index contributed by atoms with van der Waals surface area (Å²) in [4.78, 5) is 11.7. The minimum Gasteiger partial charge on any atom is -0.389 e. The Hall–Kier alpha value is -0.890. The zero-order chi connectivity index (χ0) is 16.2.